The number of halogens is 3. The zero-order valence-electron chi connectivity index (χ0n) is 11.8. The van der Waals surface area contributed by atoms with Crippen LogP contribution in [0.25, 0.3) is 11.1 Å². The largest absolute Gasteiger partial charge is 0.450 e. The lowest BCUT2D eigenvalue weighted by atomic mass is 10.00. The third kappa shape index (κ3) is 3.81. The molecule has 0 aliphatic rings. The van der Waals surface area contributed by atoms with Crippen LogP contribution < -0.4 is 0 Å². The van der Waals surface area contributed by atoms with Gasteiger partial charge < -0.3 is 0 Å². The standard InChI is InChI=1S/C17H13F3O2/c1-11-2-4-12(5-3-11)13-6-8-14(9-7-13)15(21)10-16(22)17(18,19)20/h2-9H,10H2,1H3. The average Bonchev–Trinajstić information content (AvgIpc) is 2.47. The Morgan fingerprint density at radius 3 is 1.77 bits per heavy atom. The fraction of sp³-hybridized carbons (Fsp3) is 0.176. The Bertz CT molecular complexity index is 683. The van der Waals surface area contributed by atoms with Gasteiger partial charge in [0.15, 0.2) is 5.78 Å². The molecule has 0 fully saturated rings. The highest BCUT2D eigenvalue weighted by Crippen LogP contribution is 2.22. The molecule has 0 heterocycles. The SMILES string of the molecule is Cc1ccc(-c2ccc(C(=O)CC(=O)C(F)(F)F)cc2)cc1. The molecule has 22 heavy (non-hydrogen) atoms. The fourth-order valence-corrected chi connectivity index (χ4v) is 1.94. The Morgan fingerprint density at radius 1 is 0.864 bits per heavy atom. The number of carbonyl (C=O) groups excluding carboxylic acids is 2. The highest BCUT2D eigenvalue weighted by Gasteiger charge is 2.39. The summed E-state index contributed by atoms with van der Waals surface area (Å²) in [6.07, 6.45) is -6.13. The Hall–Kier alpha value is -2.43. The van der Waals surface area contributed by atoms with E-state index in [1.807, 2.05) is 31.2 Å². The van der Waals surface area contributed by atoms with Gasteiger partial charge in [0.2, 0.25) is 5.78 Å². The number of rotatable bonds is 4. The molecule has 0 aromatic heterocycles. The summed E-state index contributed by atoms with van der Waals surface area (Å²) in [5.41, 5.74) is 2.99. The second-order valence-corrected chi connectivity index (χ2v) is 4.96. The van der Waals surface area contributed by atoms with Gasteiger partial charge in [0.1, 0.15) is 0 Å². The first-order valence-electron chi connectivity index (χ1n) is 6.58. The number of aryl methyl sites for hydroxylation is 1. The van der Waals surface area contributed by atoms with E-state index in [0.29, 0.717) is 0 Å². The number of alkyl halides is 3. The van der Waals surface area contributed by atoms with Crippen molar-refractivity contribution in [1.82, 2.24) is 0 Å². The summed E-state index contributed by atoms with van der Waals surface area (Å²) in [5.74, 6) is -2.86. The highest BCUT2D eigenvalue weighted by molar-refractivity contribution is 6.09. The van der Waals surface area contributed by atoms with Crippen LogP contribution >= 0.6 is 0 Å². The minimum atomic E-state index is -4.97. The van der Waals surface area contributed by atoms with E-state index in [4.69, 9.17) is 0 Å². The molecule has 2 aromatic carbocycles. The zero-order valence-corrected chi connectivity index (χ0v) is 11.8. The van der Waals surface area contributed by atoms with E-state index in [9.17, 15) is 22.8 Å². The molecule has 0 unspecified atom stereocenters. The highest BCUT2D eigenvalue weighted by atomic mass is 19.4. The molecule has 0 bridgehead atoms. The van der Waals surface area contributed by atoms with Crippen molar-refractivity contribution in [3.8, 4) is 11.1 Å². The van der Waals surface area contributed by atoms with Crippen molar-refractivity contribution in [1.29, 1.82) is 0 Å². The topological polar surface area (TPSA) is 34.1 Å². The Morgan fingerprint density at radius 2 is 1.32 bits per heavy atom. The second-order valence-electron chi connectivity index (χ2n) is 4.96. The van der Waals surface area contributed by atoms with Crippen LogP contribution in [0.1, 0.15) is 22.3 Å². The van der Waals surface area contributed by atoms with Crippen molar-refractivity contribution >= 4 is 11.6 Å². The van der Waals surface area contributed by atoms with Crippen LogP contribution in [-0.2, 0) is 4.79 Å². The van der Waals surface area contributed by atoms with Crippen molar-refractivity contribution < 1.29 is 22.8 Å². The number of benzene rings is 2. The van der Waals surface area contributed by atoms with E-state index in [1.165, 1.54) is 12.1 Å². The minimum Gasteiger partial charge on any atom is -0.294 e. The fourth-order valence-electron chi connectivity index (χ4n) is 1.94. The molecule has 2 aromatic rings. The Balaban J connectivity index is 2.13. The molecule has 114 valence electrons. The molecule has 0 aliphatic heterocycles. The van der Waals surface area contributed by atoms with E-state index >= 15 is 0 Å². The van der Waals surface area contributed by atoms with Crippen molar-refractivity contribution in [3.63, 3.8) is 0 Å². The number of ketones is 2. The number of Topliss-reactive ketones (excluding diaryl/α,β-unsaturated/α-hetero) is 2. The second kappa shape index (κ2) is 6.13. The van der Waals surface area contributed by atoms with E-state index in [-0.39, 0.29) is 5.56 Å². The van der Waals surface area contributed by atoms with Gasteiger partial charge in [0.25, 0.3) is 0 Å². The first-order valence-corrected chi connectivity index (χ1v) is 6.58. The summed E-state index contributed by atoms with van der Waals surface area (Å²) < 4.78 is 36.4. The molecular formula is C17H13F3O2. The van der Waals surface area contributed by atoms with Crippen molar-refractivity contribution in [3.05, 3.63) is 59.7 Å². The predicted molar refractivity (Wildman–Crippen MR) is 76.6 cm³/mol. The van der Waals surface area contributed by atoms with E-state index < -0.39 is 24.2 Å². The monoisotopic (exact) mass is 306 g/mol. The van der Waals surface area contributed by atoms with E-state index in [0.717, 1.165) is 16.7 Å². The maximum Gasteiger partial charge on any atom is 0.450 e. The van der Waals surface area contributed by atoms with Gasteiger partial charge in [0, 0.05) is 5.56 Å². The van der Waals surface area contributed by atoms with Crippen molar-refractivity contribution in [2.24, 2.45) is 0 Å². The molecule has 0 spiro atoms. The van der Waals surface area contributed by atoms with Gasteiger partial charge in [-0.2, -0.15) is 13.2 Å². The lowest BCUT2D eigenvalue weighted by Gasteiger charge is -2.06. The van der Waals surface area contributed by atoms with Crippen LogP contribution in [0.5, 0.6) is 0 Å². The molecule has 5 heteroatoms. The molecule has 0 radical (unpaired) electrons. The maximum absolute atomic E-state index is 12.1. The minimum absolute atomic E-state index is 0.0912. The van der Waals surface area contributed by atoms with Gasteiger partial charge in [-0.3, -0.25) is 9.59 Å². The van der Waals surface area contributed by atoms with Crippen molar-refractivity contribution in [2.45, 2.75) is 19.5 Å². The van der Waals surface area contributed by atoms with E-state index in [2.05, 4.69) is 0 Å². The average molecular weight is 306 g/mol. The third-order valence-corrected chi connectivity index (χ3v) is 3.23. The van der Waals surface area contributed by atoms with Gasteiger partial charge in [-0.1, -0.05) is 54.1 Å². The quantitative estimate of drug-likeness (QED) is 0.621. The first-order chi connectivity index (χ1) is 10.3. The van der Waals surface area contributed by atoms with Crippen LogP contribution in [0.2, 0.25) is 0 Å². The summed E-state index contributed by atoms with van der Waals surface area (Å²) in [6, 6.07) is 13.9. The molecule has 2 nitrogen and oxygen atoms in total. The van der Waals surface area contributed by atoms with Gasteiger partial charge in [0.05, 0.1) is 6.42 Å². The molecule has 0 atom stereocenters. The van der Waals surface area contributed by atoms with Gasteiger partial charge in [-0.05, 0) is 18.1 Å². The van der Waals surface area contributed by atoms with Gasteiger partial charge in [-0.15, -0.1) is 0 Å². The lowest BCUT2D eigenvalue weighted by Crippen LogP contribution is -2.25. The van der Waals surface area contributed by atoms with Crippen LogP contribution in [0.15, 0.2) is 48.5 Å². The zero-order chi connectivity index (χ0) is 16.3. The number of hydrogen-bond acceptors (Lipinski definition) is 2. The van der Waals surface area contributed by atoms with Gasteiger partial charge in [-0.25, -0.2) is 0 Å². The first kappa shape index (κ1) is 15.9. The molecule has 0 N–H and O–H groups in total. The van der Waals surface area contributed by atoms with Crippen LogP contribution in [-0.4, -0.2) is 17.7 Å². The summed E-state index contributed by atoms with van der Waals surface area (Å²) in [5, 5.41) is 0. The predicted octanol–water partition coefficient (Wildman–Crippen LogP) is 4.37. The van der Waals surface area contributed by atoms with Crippen LogP contribution in [0, 0.1) is 6.92 Å². The lowest BCUT2D eigenvalue weighted by molar-refractivity contribution is -0.170. The smallest absolute Gasteiger partial charge is 0.294 e. The summed E-state index contributed by atoms with van der Waals surface area (Å²) in [7, 11) is 0. The molecule has 0 aliphatic carbocycles. The Kier molecular flexibility index (Phi) is 4.45. The normalized spacial score (nSPS) is 11.3. The molecule has 0 saturated carbocycles. The maximum atomic E-state index is 12.1. The van der Waals surface area contributed by atoms with E-state index in [1.54, 1.807) is 12.1 Å². The Labute approximate surface area is 125 Å². The van der Waals surface area contributed by atoms with Crippen molar-refractivity contribution in [2.75, 3.05) is 0 Å². The summed E-state index contributed by atoms with van der Waals surface area (Å²) >= 11 is 0. The third-order valence-electron chi connectivity index (χ3n) is 3.23. The number of carbonyl (C=O) groups is 2. The molecule has 0 saturated heterocycles. The van der Waals surface area contributed by atoms with Crippen LogP contribution in [0.4, 0.5) is 13.2 Å². The summed E-state index contributed by atoms with van der Waals surface area (Å²) in [4.78, 5) is 22.5. The summed E-state index contributed by atoms with van der Waals surface area (Å²) in [6.45, 7) is 1.96. The number of hydrogen-bond donors (Lipinski definition) is 0. The molecule has 0 amide bonds. The van der Waals surface area contributed by atoms with Crippen LogP contribution in [0.3, 0.4) is 0 Å². The molecule has 2 rings (SSSR count). The van der Waals surface area contributed by atoms with Gasteiger partial charge >= 0.3 is 6.18 Å². The molecular weight excluding hydrogens is 293 g/mol.